The van der Waals surface area contributed by atoms with Crippen LogP contribution in [0.3, 0.4) is 0 Å². The zero-order valence-corrected chi connectivity index (χ0v) is 24.5. The number of allylic oxidation sites excluding steroid dienone is 4. The maximum absolute atomic E-state index is 2.47. The molecule has 0 saturated carbocycles. The van der Waals surface area contributed by atoms with Crippen molar-refractivity contribution >= 4 is 17.9 Å². The van der Waals surface area contributed by atoms with Gasteiger partial charge >= 0.3 is 193 Å². The van der Waals surface area contributed by atoms with Crippen molar-refractivity contribution < 1.29 is 45.8 Å². The van der Waals surface area contributed by atoms with Gasteiger partial charge in [-0.15, -0.1) is 0 Å². The molecule has 2 aromatic carbocycles. The number of rotatable bonds is 6. The normalized spacial score (nSPS) is 13.9. The average molecular weight is 646 g/mol. The van der Waals surface area contributed by atoms with Crippen LogP contribution < -0.4 is 28.1 Å². The van der Waals surface area contributed by atoms with Crippen molar-refractivity contribution in [2.75, 3.05) is 0 Å². The van der Waals surface area contributed by atoms with Crippen LogP contribution in [-0.4, -0.2) is 3.26 Å². The van der Waals surface area contributed by atoms with Crippen molar-refractivity contribution in [3.8, 4) is 11.1 Å². The summed E-state index contributed by atoms with van der Waals surface area (Å²) in [5.74, 6) is 0. The molecule has 0 spiro atoms. The van der Waals surface area contributed by atoms with Crippen LogP contribution in [-0.2, 0) is 33.8 Å². The van der Waals surface area contributed by atoms with Crippen molar-refractivity contribution in [1.29, 1.82) is 0 Å². The Morgan fingerprint density at radius 1 is 0.938 bits per heavy atom. The molecule has 4 heteroatoms. The summed E-state index contributed by atoms with van der Waals surface area (Å²) >= 11 is -0.307. The average Bonchev–Trinajstić information content (AvgIpc) is 3.52. The zero-order valence-electron chi connectivity index (χ0n) is 18.6. The van der Waals surface area contributed by atoms with Gasteiger partial charge in [-0.2, -0.15) is 0 Å². The molecule has 0 nitrogen and oxygen atoms in total. The fourth-order valence-corrected chi connectivity index (χ4v) is 18.2. The summed E-state index contributed by atoms with van der Waals surface area (Å²) in [7, 11) is 0. The molecule has 0 unspecified atom stereocenters. The van der Waals surface area contributed by atoms with E-state index >= 15 is 0 Å². The molecule has 0 atom stereocenters. The van der Waals surface area contributed by atoms with Gasteiger partial charge in [-0.3, -0.25) is 0 Å². The summed E-state index contributed by atoms with van der Waals surface area (Å²) in [6.45, 7) is 4.74. The van der Waals surface area contributed by atoms with E-state index in [2.05, 4.69) is 104 Å². The van der Waals surface area contributed by atoms with Gasteiger partial charge in [0.15, 0.2) is 0 Å². The van der Waals surface area contributed by atoms with Gasteiger partial charge < -0.3 is 24.8 Å². The summed E-state index contributed by atoms with van der Waals surface area (Å²) in [6.07, 6.45) is 14.4. The second-order valence-corrected chi connectivity index (χ2v) is 19.5. The smallest absolute Gasteiger partial charge is 1.00 e. The van der Waals surface area contributed by atoms with Crippen LogP contribution in [0.5, 0.6) is 0 Å². The van der Waals surface area contributed by atoms with Crippen molar-refractivity contribution in [3.05, 3.63) is 99.8 Å². The Balaban J connectivity index is 0.00000144. The maximum Gasteiger partial charge on any atom is -1.00 e. The third kappa shape index (κ3) is 4.89. The van der Waals surface area contributed by atoms with Gasteiger partial charge in [-0.1, -0.05) is 0 Å². The Morgan fingerprint density at radius 2 is 1.69 bits per heavy atom. The predicted molar refractivity (Wildman–Crippen MR) is 129 cm³/mol. The number of hydrogen-bond acceptors (Lipinski definition) is 1. The Kier molecular flexibility index (Phi) is 9.09. The van der Waals surface area contributed by atoms with E-state index in [1.165, 1.54) is 36.0 Å². The number of unbranched alkanes of at least 4 members (excludes halogenated alkanes) is 1. The summed E-state index contributed by atoms with van der Waals surface area (Å²) in [5.41, 5.74) is 6.06. The molecule has 32 heavy (non-hydrogen) atoms. The zero-order chi connectivity index (χ0) is 20.5. The molecule has 0 amide bonds. The number of thiophene rings is 1. The fraction of sp³-hybridized carbons (Fsp3) is 0.250. The van der Waals surface area contributed by atoms with Crippen LogP contribution in [0.2, 0.25) is 3.67 Å². The van der Waals surface area contributed by atoms with Gasteiger partial charge in [0, 0.05) is 0 Å². The Hall–Kier alpha value is -1.06. The molecule has 1 aromatic heterocycles. The van der Waals surface area contributed by atoms with Crippen LogP contribution in [0, 0.1) is 0 Å². The van der Waals surface area contributed by atoms with E-state index < -0.39 is 21.0 Å². The molecule has 5 rings (SSSR count). The molecule has 0 N–H and O–H groups in total. The fourth-order valence-electron chi connectivity index (χ4n) is 4.86. The molecule has 0 fully saturated rings. The molecule has 0 saturated heterocycles. The maximum atomic E-state index is 2.47. The summed E-state index contributed by atoms with van der Waals surface area (Å²) in [4.78, 5) is 3.10. The third-order valence-electron chi connectivity index (χ3n) is 6.43. The molecule has 3 aromatic rings. The number of benzene rings is 2. The number of fused-ring (bicyclic) bond motifs is 3. The summed E-state index contributed by atoms with van der Waals surface area (Å²) in [5, 5.41) is 0. The number of halogens is 2. The second-order valence-electron chi connectivity index (χ2n) is 8.37. The first-order chi connectivity index (χ1) is 14.8. The molecular formula is C28H28Cl2HfS. The predicted octanol–water partition coefficient (Wildman–Crippen LogP) is 1.07. The van der Waals surface area contributed by atoms with Crippen molar-refractivity contribution in [2.45, 2.75) is 43.2 Å². The molecule has 2 aliphatic rings. The number of aryl methyl sites for hydroxylation is 1. The molecule has 0 radical (unpaired) electrons. The van der Waals surface area contributed by atoms with Gasteiger partial charge in [-0.05, 0) is 0 Å². The van der Waals surface area contributed by atoms with Crippen LogP contribution in [0.25, 0.3) is 11.1 Å². The van der Waals surface area contributed by atoms with Gasteiger partial charge in [0.2, 0.25) is 0 Å². The molecule has 1 heterocycles. The summed E-state index contributed by atoms with van der Waals surface area (Å²) < 4.78 is 4.08. The van der Waals surface area contributed by atoms with E-state index in [-0.39, 0.29) is 24.8 Å². The van der Waals surface area contributed by atoms with Crippen LogP contribution >= 0.6 is 11.3 Å². The van der Waals surface area contributed by atoms with E-state index in [1.807, 2.05) is 0 Å². The Labute approximate surface area is 216 Å². The molecule has 2 aliphatic carbocycles. The van der Waals surface area contributed by atoms with E-state index in [9.17, 15) is 0 Å². The largest absolute Gasteiger partial charge is 1.00 e. The van der Waals surface area contributed by atoms with E-state index in [4.69, 9.17) is 0 Å². The van der Waals surface area contributed by atoms with Crippen molar-refractivity contribution in [1.82, 2.24) is 0 Å². The number of hydrogen-bond donors (Lipinski definition) is 0. The SMILES string of the molecule is CCCCc1ccc([C](C)=[Hf+2]([c]2cccc3c2Cc2ccccc2-3)[CH]2C=CC=C2)s1.[Cl-].[Cl-]. The first-order valence-electron chi connectivity index (χ1n) is 11.1. The van der Waals surface area contributed by atoms with Crippen molar-refractivity contribution in [2.24, 2.45) is 0 Å². The minimum atomic E-state index is -2.36. The molecule has 164 valence electrons. The van der Waals surface area contributed by atoms with E-state index in [0.717, 1.165) is 6.42 Å². The topological polar surface area (TPSA) is 0 Å². The minimum Gasteiger partial charge on any atom is -1.00 e. The molecule has 0 aliphatic heterocycles. The van der Waals surface area contributed by atoms with Gasteiger partial charge in [-0.25, -0.2) is 0 Å². The van der Waals surface area contributed by atoms with Gasteiger partial charge in [0.1, 0.15) is 0 Å². The van der Waals surface area contributed by atoms with Crippen LogP contribution in [0.1, 0.15) is 47.6 Å². The minimum absolute atomic E-state index is 0. The Morgan fingerprint density at radius 3 is 2.47 bits per heavy atom. The first kappa shape index (κ1) is 25.6. The standard InChI is InChI=1S/C13H9.C10H14S.C5H5.2ClH.Hf/c1-3-7-12-10(5-1)9-11-6-2-4-8-13(11)12;1-3-5-6-10-8-7-9(4-2)11-10;1-2-4-5-3-1;;;/h1-5,7-8H,9H2;7-8H,3,5-6H2,1-2H3;1-5H;2*1H;/q;;;;;+2/p-2. The third-order valence-corrected chi connectivity index (χ3v) is 19.8. The first-order valence-corrected chi connectivity index (χ1v) is 17.6. The van der Waals surface area contributed by atoms with Crippen LogP contribution in [0.4, 0.5) is 0 Å². The van der Waals surface area contributed by atoms with E-state index in [1.54, 1.807) is 21.9 Å². The second kappa shape index (κ2) is 11.4. The molecular weight excluding hydrogens is 618 g/mol. The Bertz CT molecular complexity index is 1170. The quantitative estimate of drug-likeness (QED) is 0.276. The monoisotopic (exact) mass is 646 g/mol. The van der Waals surface area contributed by atoms with Gasteiger partial charge in [0.05, 0.1) is 0 Å². The summed E-state index contributed by atoms with van der Waals surface area (Å²) in [6, 6.07) is 20.9. The van der Waals surface area contributed by atoms with Crippen molar-refractivity contribution in [3.63, 3.8) is 0 Å². The van der Waals surface area contributed by atoms with Gasteiger partial charge in [0.25, 0.3) is 0 Å². The molecule has 0 bridgehead atoms. The van der Waals surface area contributed by atoms with Crippen LogP contribution in [0.15, 0.2) is 78.9 Å². The van der Waals surface area contributed by atoms with E-state index in [0.29, 0.717) is 3.67 Å².